The van der Waals surface area contributed by atoms with Crippen molar-refractivity contribution >= 4 is 22.6 Å². The lowest BCUT2D eigenvalue weighted by molar-refractivity contribution is 0.485. The highest BCUT2D eigenvalue weighted by Gasteiger charge is 2.18. The molecule has 0 saturated carbocycles. The largest absolute Gasteiger partial charge is 0.335 e. The molecule has 0 saturated heterocycles. The Hall–Kier alpha value is -0.960. The number of rotatable bonds is 2. The Labute approximate surface area is 114 Å². The van der Waals surface area contributed by atoms with Crippen LogP contribution in [0.1, 0.15) is 31.4 Å². The van der Waals surface area contributed by atoms with Crippen molar-refractivity contribution in [1.82, 2.24) is 0 Å². The first-order valence-electron chi connectivity index (χ1n) is 6.61. The van der Waals surface area contributed by atoms with Crippen LogP contribution in [0.15, 0.2) is 23.2 Å². The number of nitrogens with one attached hydrogen (secondary N) is 1. The topological polar surface area (TPSA) is 24.4 Å². The third-order valence-corrected chi connectivity index (χ3v) is 4.47. The SMILES string of the molecule is Cc1cccc(NC2=NC(C(C)C)CCS2)c1C. The Balaban J connectivity index is 2.16. The van der Waals surface area contributed by atoms with Crippen LogP contribution in [-0.4, -0.2) is 17.0 Å². The van der Waals surface area contributed by atoms with Crippen molar-refractivity contribution in [3.8, 4) is 0 Å². The monoisotopic (exact) mass is 262 g/mol. The smallest absolute Gasteiger partial charge is 0.161 e. The molecule has 0 fully saturated rings. The fourth-order valence-corrected chi connectivity index (χ4v) is 3.03. The van der Waals surface area contributed by atoms with Gasteiger partial charge in [-0.3, -0.25) is 4.99 Å². The summed E-state index contributed by atoms with van der Waals surface area (Å²) in [5, 5.41) is 4.57. The van der Waals surface area contributed by atoms with E-state index in [1.165, 1.54) is 29.0 Å². The molecule has 0 amide bonds. The number of aliphatic imine (C=N–C) groups is 1. The summed E-state index contributed by atoms with van der Waals surface area (Å²) in [6.45, 7) is 8.80. The predicted octanol–water partition coefficient (Wildman–Crippen LogP) is 4.23. The lowest BCUT2D eigenvalue weighted by Crippen LogP contribution is -2.24. The maximum atomic E-state index is 4.82. The number of hydrogen-bond acceptors (Lipinski definition) is 3. The van der Waals surface area contributed by atoms with E-state index in [-0.39, 0.29) is 0 Å². The van der Waals surface area contributed by atoms with E-state index in [4.69, 9.17) is 4.99 Å². The number of thioether (sulfide) groups is 1. The third-order valence-electron chi connectivity index (χ3n) is 3.55. The predicted molar refractivity (Wildman–Crippen MR) is 82.7 cm³/mol. The molecular weight excluding hydrogens is 240 g/mol. The summed E-state index contributed by atoms with van der Waals surface area (Å²) in [5.74, 6) is 1.79. The van der Waals surface area contributed by atoms with Crippen molar-refractivity contribution in [3.63, 3.8) is 0 Å². The van der Waals surface area contributed by atoms with E-state index >= 15 is 0 Å². The minimum absolute atomic E-state index is 0.471. The van der Waals surface area contributed by atoms with Crippen LogP contribution < -0.4 is 5.32 Å². The zero-order valence-electron chi connectivity index (χ0n) is 11.7. The zero-order valence-corrected chi connectivity index (χ0v) is 12.5. The molecule has 1 aromatic carbocycles. The molecule has 18 heavy (non-hydrogen) atoms. The summed E-state index contributed by atoms with van der Waals surface area (Å²) in [6, 6.07) is 6.84. The molecule has 0 bridgehead atoms. The van der Waals surface area contributed by atoms with Gasteiger partial charge < -0.3 is 5.32 Å². The van der Waals surface area contributed by atoms with Crippen LogP contribution in [0.5, 0.6) is 0 Å². The Morgan fingerprint density at radius 2 is 2.11 bits per heavy atom. The van der Waals surface area contributed by atoms with Gasteiger partial charge >= 0.3 is 0 Å². The van der Waals surface area contributed by atoms with E-state index in [1.54, 1.807) is 0 Å². The second-order valence-corrected chi connectivity index (χ2v) is 6.34. The highest BCUT2D eigenvalue weighted by atomic mass is 32.2. The Morgan fingerprint density at radius 1 is 1.33 bits per heavy atom. The molecule has 98 valence electrons. The van der Waals surface area contributed by atoms with Gasteiger partial charge in [-0.2, -0.15) is 0 Å². The van der Waals surface area contributed by atoms with Gasteiger partial charge in [0, 0.05) is 11.4 Å². The average Bonchev–Trinajstić information content (AvgIpc) is 2.35. The fraction of sp³-hybridized carbons (Fsp3) is 0.533. The van der Waals surface area contributed by atoms with Crippen LogP contribution in [-0.2, 0) is 0 Å². The summed E-state index contributed by atoms with van der Waals surface area (Å²) >= 11 is 1.83. The van der Waals surface area contributed by atoms with Crippen molar-refractivity contribution in [2.45, 2.75) is 40.2 Å². The van der Waals surface area contributed by atoms with E-state index in [9.17, 15) is 0 Å². The van der Waals surface area contributed by atoms with Crippen molar-refractivity contribution in [2.75, 3.05) is 11.1 Å². The lowest BCUT2D eigenvalue weighted by atomic mass is 10.0. The fourth-order valence-electron chi connectivity index (χ4n) is 2.08. The summed E-state index contributed by atoms with van der Waals surface area (Å²) in [6.07, 6.45) is 1.19. The minimum Gasteiger partial charge on any atom is -0.335 e. The third kappa shape index (κ3) is 3.08. The number of nitrogens with zero attached hydrogens (tertiary/aromatic N) is 1. The number of benzene rings is 1. The zero-order chi connectivity index (χ0) is 13.1. The van der Waals surface area contributed by atoms with Crippen molar-refractivity contribution in [2.24, 2.45) is 10.9 Å². The first-order chi connectivity index (χ1) is 8.58. The van der Waals surface area contributed by atoms with Gasteiger partial charge in [0.25, 0.3) is 0 Å². The first kappa shape index (κ1) is 13.5. The molecule has 1 aromatic rings. The van der Waals surface area contributed by atoms with Gasteiger partial charge in [0.2, 0.25) is 0 Å². The van der Waals surface area contributed by atoms with Gasteiger partial charge in [0.1, 0.15) is 0 Å². The summed E-state index contributed by atoms with van der Waals surface area (Å²) in [7, 11) is 0. The molecule has 0 aliphatic carbocycles. The van der Waals surface area contributed by atoms with Gasteiger partial charge in [0.15, 0.2) is 5.17 Å². The second-order valence-electron chi connectivity index (χ2n) is 5.26. The normalized spacial score (nSPS) is 19.8. The van der Waals surface area contributed by atoms with Crippen molar-refractivity contribution < 1.29 is 0 Å². The van der Waals surface area contributed by atoms with Crippen LogP contribution in [0.2, 0.25) is 0 Å². The molecule has 2 nitrogen and oxygen atoms in total. The van der Waals surface area contributed by atoms with Gasteiger partial charge in [0.05, 0.1) is 6.04 Å². The van der Waals surface area contributed by atoms with E-state index in [1.807, 2.05) is 11.8 Å². The summed E-state index contributed by atoms with van der Waals surface area (Å²) < 4.78 is 0. The standard InChI is InChI=1S/C15H22N2S/c1-10(2)13-8-9-18-15(16-13)17-14-7-5-6-11(3)12(14)4/h5-7,10,13H,8-9H2,1-4H3,(H,16,17). The highest BCUT2D eigenvalue weighted by Crippen LogP contribution is 2.25. The average molecular weight is 262 g/mol. The van der Waals surface area contributed by atoms with Crippen LogP contribution >= 0.6 is 11.8 Å². The van der Waals surface area contributed by atoms with E-state index < -0.39 is 0 Å². The van der Waals surface area contributed by atoms with E-state index in [0.717, 1.165) is 5.17 Å². The van der Waals surface area contributed by atoms with E-state index in [0.29, 0.717) is 12.0 Å². The molecule has 0 radical (unpaired) electrons. The maximum absolute atomic E-state index is 4.82. The Morgan fingerprint density at radius 3 is 2.83 bits per heavy atom. The highest BCUT2D eigenvalue weighted by molar-refractivity contribution is 8.14. The van der Waals surface area contributed by atoms with Crippen LogP contribution in [0.3, 0.4) is 0 Å². The van der Waals surface area contributed by atoms with Crippen LogP contribution in [0, 0.1) is 19.8 Å². The lowest BCUT2D eigenvalue weighted by Gasteiger charge is -2.24. The molecule has 1 N–H and O–H groups in total. The van der Waals surface area contributed by atoms with Gasteiger partial charge in [-0.05, 0) is 43.4 Å². The van der Waals surface area contributed by atoms with Crippen molar-refractivity contribution in [3.05, 3.63) is 29.3 Å². The number of anilines is 1. The maximum Gasteiger partial charge on any atom is 0.161 e. The number of amidine groups is 1. The van der Waals surface area contributed by atoms with E-state index in [2.05, 4.69) is 51.2 Å². The molecule has 0 spiro atoms. The van der Waals surface area contributed by atoms with Crippen LogP contribution in [0.4, 0.5) is 5.69 Å². The summed E-state index contributed by atoms with van der Waals surface area (Å²) in [5.41, 5.74) is 3.82. The summed E-state index contributed by atoms with van der Waals surface area (Å²) in [4.78, 5) is 4.82. The Bertz CT molecular complexity index is 452. The number of hydrogen-bond donors (Lipinski definition) is 1. The molecule has 1 atom stereocenters. The molecule has 1 aliphatic heterocycles. The molecule has 0 aromatic heterocycles. The molecule has 1 unspecified atom stereocenters. The van der Waals surface area contributed by atoms with Gasteiger partial charge in [-0.1, -0.05) is 37.7 Å². The van der Waals surface area contributed by atoms with Crippen LogP contribution in [0.25, 0.3) is 0 Å². The minimum atomic E-state index is 0.471. The Kier molecular flexibility index (Phi) is 4.33. The molecule has 1 heterocycles. The van der Waals surface area contributed by atoms with Gasteiger partial charge in [-0.25, -0.2) is 0 Å². The quantitative estimate of drug-likeness (QED) is 0.862. The second kappa shape index (κ2) is 5.79. The number of aryl methyl sites for hydroxylation is 1. The molecule has 3 heteroatoms. The molecule has 1 aliphatic rings. The first-order valence-corrected chi connectivity index (χ1v) is 7.60. The van der Waals surface area contributed by atoms with Crippen molar-refractivity contribution in [1.29, 1.82) is 0 Å². The molecule has 2 rings (SSSR count). The van der Waals surface area contributed by atoms with Gasteiger partial charge in [-0.15, -0.1) is 0 Å². The molecular formula is C15H22N2S.